The Morgan fingerprint density at radius 2 is 1.76 bits per heavy atom. The molecule has 0 N–H and O–H groups in total. The molecule has 3 unspecified atom stereocenters. The average Bonchev–Trinajstić information content (AvgIpc) is 2.47. The molecule has 1 aliphatic heterocycles. The molecular formula is C18H35BN2. The van der Waals surface area contributed by atoms with Crippen LogP contribution in [0.4, 0.5) is 0 Å². The summed E-state index contributed by atoms with van der Waals surface area (Å²) in [5.74, 6) is 3.20. The minimum Gasteiger partial charge on any atom is -0.355 e. The van der Waals surface area contributed by atoms with Gasteiger partial charge in [-0.05, 0) is 46.5 Å². The highest BCUT2D eigenvalue weighted by Gasteiger charge is 2.36. The molecule has 1 saturated heterocycles. The molecule has 1 aliphatic carbocycles. The Hall–Kier alpha value is -0.465. The maximum Gasteiger partial charge on any atom is 0.105 e. The van der Waals surface area contributed by atoms with Crippen LogP contribution in [0.15, 0.2) is 4.99 Å². The maximum atomic E-state index is 4.97. The first-order valence-corrected chi connectivity index (χ1v) is 9.34. The zero-order valence-corrected chi connectivity index (χ0v) is 14.9. The van der Waals surface area contributed by atoms with Crippen LogP contribution in [-0.4, -0.2) is 36.7 Å². The Morgan fingerprint density at radius 1 is 1.05 bits per heavy atom. The highest BCUT2D eigenvalue weighted by molar-refractivity contribution is 6.11. The van der Waals surface area contributed by atoms with Crippen molar-refractivity contribution in [2.24, 2.45) is 10.9 Å². The number of piperidine rings is 1. The smallest absolute Gasteiger partial charge is 0.105 e. The molecule has 2 aliphatic rings. The summed E-state index contributed by atoms with van der Waals surface area (Å²) in [6, 6.07) is 1.76. The van der Waals surface area contributed by atoms with Gasteiger partial charge in [-0.25, -0.2) is 0 Å². The van der Waals surface area contributed by atoms with Gasteiger partial charge in [-0.1, -0.05) is 37.9 Å². The molecule has 3 heteroatoms. The lowest BCUT2D eigenvalue weighted by molar-refractivity contribution is 0.140. The van der Waals surface area contributed by atoms with Gasteiger partial charge < -0.3 is 4.90 Å². The summed E-state index contributed by atoms with van der Waals surface area (Å²) >= 11 is 0. The molecule has 2 nitrogen and oxygen atoms in total. The molecule has 1 saturated carbocycles. The fourth-order valence-corrected chi connectivity index (χ4v) is 4.47. The SMILES string of the molecule is BC1CCCCCC2C(CC/C(=N/C(C)C)N2C(C)C)C1. The summed E-state index contributed by atoms with van der Waals surface area (Å²) in [5, 5.41) is 0. The van der Waals surface area contributed by atoms with Crippen LogP contribution in [0.3, 0.4) is 0 Å². The van der Waals surface area contributed by atoms with Crippen molar-refractivity contribution < 1.29 is 0 Å². The van der Waals surface area contributed by atoms with E-state index in [-0.39, 0.29) is 0 Å². The van der Waals surface area contributed by atoms with Crippen LogP contribution in [0.25, 0.3) is 0 Å². The number of nitrogens with zero attached hydrogens (tertiary/aromatic N) is 2. The second-order valence-electron chi connectivity index (χ2n) is 7.99. The van der Waals surface area contributed by atoms with Gasteiger partial charge in [-0.2, -0.15) is 0 Å². The van der Waals surface area contributed by atoms with Crippen LogP contribution in [0.1, 0.15) is 79.1 Å². The van der Waals surface area contributed by atoms with Crippen LogP contribution >= 0.6 is 0 Å². The maximum absolute atomic E-state index is 4.97. The highest BCUT2D eigenvalue weighted by atomic mass is 15.2. The first-order chi connectivity index (χ1) is 9.99. The number of aliphatic imine (C=N–C) groups is 1. The van der Waals surface area contributed by atoms with E-state index in [0.717, 1.165) is 17.8 Å². The van der Waals surface area contributed by atoms with Crippen molar-refractivity contribution in [2.45, 2.75) is 103 Å². The lowest BCUT2D eigenvalue weighted by atomic mass is 9.72. The minimum absolute atomic E-state index is 0.424. The fourth-order valence-electron chi connectivity index (χ4n) is 4.47. The second-order valence-corrected chi connectivity index (χ2v) is 7.99. The van der Waals surface area contributed by atoms with Gasteiger partial charge in [0.2, 0.25) is 0 Å². The molecular weight excluding hydrogens is 255 g/mol. The topological polar surface area (TPSA) is 15.6 Å². The van der Waals surface area contributed by atoms with Gasteiger partial charge in [0.05, 0.1) is 5.84 Å². The predicted octanol–water partition coefficient (Wildman–Crippen LogP) is 4.06. The van der Waals surface area contributed by atoms with Gasteiger partial charge in [-0.15, -0.1) is 0 Å². The molecule has 0 radical (unpaired) electrons. The van der Waals surface area contributed by atoms with Crippen molar-refractivity contribution in [2.75, 3.05) is 0 Å². The number of rotatable bonds is 2. The average molecular weight is 290 g/mol. The van der Waals surface area contributed by atoms with Gasteiger partial charge in [0, 0.05) is 24.5 Å². The summed E-state index contributed by atoms with van der Waals surface area (Å²) in [6.45, 7) is 9.13. The number of amidine groups is 1. The Morgan fingerprint density at radius 3 is 2.43 bits per heavy atom. The lowest BCUT2D eigenvalue weighted by Crippen LogP contribution is -2.52. The van der Waals surface area contributed by atoms with Crippen molar-refractivity contribution in [1.29, 1.82) is 0 Å². The molecule has 0 bridgehead atoms. The summed E-state index contributed by atoms with van der Waals surface area (Å²) in [6.07, 6.45) is 11.1. The largest absolute Gasteiger partial charge is 0.355 e. The van der Waals surface area contributed by atoms with E-state index in [1.807, 2.05) is 0 Å². The summed E-state index contributed by atoms with van der Waals surface area (Å²) in [5.41, 5.74) is 0. The van der Waals surface area contributed by atoms with E-state index in [9.17, 15) is 0 Å². The van der Waals surface area contributed by atoms with Crippen LogP contribution in [0.5, 0.6) is 0 Å². The third-order valence-electron chi connectivity index (χ3n) is 5.30. The van der Waals surface area contributed by atoms with Crippen molar-refractivity contribution in [1.82, 2.24) is 4.90 Å². The molecule has 0 amide bonds. The van der Waals surface area contributed by atoms with E-state index in [0.29, 0.717) is 12.1 Å². The number of hydrogen-bond donors (Lipinski definition) is 0. The Kier molecular flexibility index (Phi) is 6.19. The van der Waals surface area contributed by atoms with Gasteiger partial charge in [0.25, 0.3) is 0 Å². The monoisotopic (exact) mass is 290 g/mol. The first-order valence-electron chi connectivity index (χ1n) is 9.34. The minimum atomic E-state index is 0.424. The molecule has 1 heterocycles. The molecule has 0 aromatic rings. The second kappa shape index (κ2) is 7.69. The third-order valence-corrected chi connectivity index (χ3v) is 5.30. The fraction of sp³-hybridized carbons (Fsp3) is 0.944. The highest BCUT2D eigenvalue weighted by Crippen LogP contribution is 2.38. The van der Waals surface area contributed by atoms with E-state index < -0.39 is 0 Å². The van der Waals surface area contributed by atoms with Crippen molar-refractivity contribution in [3.8, 4) is 0 Å². The third kappa shape index (κ3) is 4.50. The number of likely N-dealkylation sites (tertiary alicyclic amines) is 1. The van der Waals surface area contributed by atoms with Crippen LogP contribution in [0, 0.1) is 5.92 Å². The molecule has 2 fully saturated rings. The van der Waals surface area contributed by atoms with Crippen LogP contribution in [-0.2, 0) is 0 Å². The van der Waals surface area contributed by atoms with Crippen LogP contribution in [0.2, 0.25) is 5.82 Å². The molecule has 120 valence electrons. The molecule has 0 aromatic heterocycles. The van der Waals surface area contributed by atoms with Crippen molar-refractivity contribution in [3.05, 3.63) is 0 Å². The van der Waals surface area contributed by atoms with Crippen LogP contribution < -0.4 is 0 Å². The van der Waals surface area contributed by atoms with E-state index in [2.05, 4.69) is 40.4 Å². The Balaban J connectivity index is 2.22. The quantitative estimate of drug-likeness (QED) is 0.700. The van der Waals surface area contributed by atoms with E-state index in [4.69, 9.17) is 4.99 Å². The summed E-state index contributed by atoms with van der Waals surface area (Å²) in [4.78, 5) is 7.67. The Labute approximate surface area is 133 Å². The summed E-state index contributed by atoms with van der Waals surface area (Å²) in [7, 11) is 2.47. The zero-order valence-electron chi connectivity index (χ0n) is 14.9. The molecule has 21 heavy (non-hydrogen) atoms. The summed E-state index contributed by atoms with van der Waals surface area (Å²) < 4.78 is 0. The zero-order chi connectivity index (χ0) is 15.4. The van der Waals surface area contributed by atoms with E-state index >= 15 is 0 Å². The number of fused-ring (bicyclic) bond motifs is 1. The van der Waals surface area contributed by atoms with Gasteiger partial charge in [0.15, 0.2) is 0 Å². The standard InChI is InChI=1S/C18H35BN2/c1-13(2)20-18-11-10-15-12-16(19)8-6-5-7-9-17(15)21(18)14(3)4/h13-17H,5-12,19H2,1-4H3/b20-18-. The lowest BCUT2D eigenvalue weighted by Gasteiger charge is -2.47. The van der Waals surface area contributed by atoms with Gasteiger partial charge in [-0.3, -0.25) is 4.99 Å². The molecule has 0 aromatic carbocycles. The molecule has 2 rings (SSSR count). The Bertz CT molecular complexity index is 351. The molecule has 0 spiro atoms. The van der Waals surface area contributed by atoms with E-state index in [1.54, 1.807) is 0 Å². The number of hydrogen-bond acceptors (Lipinski definition) is 1. The van der Waals surface area contributed by atoms with E-state index in [1.165, 1.54) is 57.2 Å². The molecule has 3 atom stereocenters. The van der Waals surface area contributed by atoms with Gasteiger partial charge >= 0.3 is 0 Å². The van der Waals surface area contributed by atoms with Crippen molar-refractivity contribution in [3.63, 3.8) is 0 Å². The van der Waals surface area contributed by atoms with Crippen molar-refractivity contribution >= 4 is 13.7 Å². The predicted molar refractivity (Wildman–Crippen MR) is 96.1 cm³/mol. The first kappa shape index (κ1) is 16.9. The normalized spacial score (nSPS) is 33.7. The van der Waals surface area contributed by atoms with Gasteiger partial charge in [0.1, 0.15) is 7.85 Å².